The van der Waals surface area contributed by atoms with E-state index in [1.54, 1.807) is 6.26 Å². The number of anilines is 1. The normalized spacial score (nSPS) is 15.9. The number of nitrogens with zero attached hydrogens (tertiary/aromatic N) is 6. The molecule has 156 valence electrons. The summed E-state index contributed by atoms with van der Waals surface area (Å²) in [4.78, 5) is 4.89. The first-order chi connectivity index (χ1) is 13.7. The molecule has 3 aromatic rings. The minimum absolute atomic E-state index is 0. The molecule has 1 saturated heterocycles. The van der Waals surface area contributed by atoms with E-state index >= 15 is 0 Å². The van der Waals surface area contributed by atoms with Gasteiger partial charge in [0, 0.05) is 36.9 Å². The molecule has 1 aliphatic heterocycles. The van der Waals surface area contributed by atoms with Gasteiger partial charge in [-0.15, -0.1) is 5.10 Å². The highest BCUT2D eigenvalue weighted by molar-refractivity contribution is 6.30. The molecule has 2 aromatic heterocycles. The summed E-state index contributed by atoms with van der Waals surface area (Å²) in [6.45, 7) is 8.69. The van der Waals surface area contributed by atoms with Crippen molar-refractivity contribution in [1.29, 1.82) is 0 Å². The van der Waals surface area contributed by atoms with Crippen LogP contribution < -0.4 is 17.3 Å². The predicted octanol–water partition coefficient (Wildman–Crippen LogP) is 0.554. The van der Waals surface area contributed by atoms with Crippen molar-refractivity contribution >= 4 is 17.3 Å². The van der Waals surface area contributed by atoms with Crippen molar-refractivity contribution in [3.05, 3.63) is 58.8 Å². The third-order valence-electron chi connectivity index (χ3n) is 5.40. The number of hydrogen-bond donors (Lipinski definition) is 0. The van der Waals surface area contributed by atoms with Gasteiger partial charge in [-0.05, 0) is 53.6 Å². The Labute approximate surface area is 182 Å². The molecule has 29 heavy (non-hydrogen) atoms. The summed E-state index contributed by atoms with van der Waals surface area (Å²) in [5.41, 5.74) is 2.48. The zero-order valence-electron chi connectivity index (χ0n) is 16.6. The largest absolute Gasteiger partial charge is 1.00 e. The predicted molar refractivity (Wildman–Crippen MR) is 109 cm³/mol. The Morgan fingerprint density at radius 1 is 1.17 bits per heavy atom. The van der Waals surface area contributed by atoms with E-state index < -0.39 is 0 Å². The molecule has 1 fully saturated rings. The second-order valence-electron chi connectivity index (χ2n) is 7.15. The Morgan fingerprint density at radius 2 is 1.97 bits per heavy atom. The number of halogens is 2. The lowest BCUT2D eigenvalue weighted by Crippen LogP contribution is -3.00. The molecule has 3 heterocycles. The standard InChI is InChI=1S/C20H25ClN6O.ClH/c1-3-18(20-22-23-24-27(20)14-17-5-4-12-28-17)25-8-10-26(11-9-25)19-13-16(21)7-6-15(19)2;/h4-7,12-13,18H,3,8-11,14H2,1-2H3;1H/p-1. The lowest BCUT2D eigenvalue weighted by molar-refractivity contribution is -0.00000638. The first kappa shape index (κ1) is 21.6. The maximum atomic E-state index is 6.21. The maximum Gasteiger partial charge on any atom is 0.168 e. The Morgan fingerprint density at radius 3 is 2.66 bits per heavy atom. The molecule has 0 N–H and O–H groups in total. The van der Waals surface area contributed by atoms with E-state index in [0.29, 0.717) is 6.54 Å². The van der Waals surface area contributed by atoms with Gasteiger partial charge in [-0.2, -0.15) is 0 Å². The summed E-state index contributed by atoms with van der Waals surface area (Å²) in [5.74, 6) is 1.75. The molecule has 0 spiro atoms. The van der Waals surface area contributed by atoms with Gasteiger partial charge in [-0.25, -0.2) is 4.68 Å². The summed E-state index contributed by atoms with van der Waals surface area (Å²) in [6, 6.07) is 10.1. The molecule has 7 nitrogen and oxygen atoms in total. The van der Waals surface area contributed by atoms with Crippen molar-refractivity contribution in [2.24, 2.45) is 0 Å². The average Bonchev–Trinajstić information content (AvgIpc) is 3.38. The first-order valence-corrected chi connectivity index (χ1v) is 10.1. The highest BCUT2D eigenvalue weighted by Crippen LogP contribution is 2.28. The molecule has 0 amide bonds. The highest BCUT2D eigenvalue weighted by atomic mass is 35.5. The number of piperazine rings is 1. The fourth-order valence-electron chi connectivity index (χ4n) is 3.91. The van der Waals surface area contributed by atoms with Crippen molar-refractivity contribution in [2.75, 3.05) is 31.1 Å². The fraction of sp³-hybridized carbons (Fsp3) is 0.450. The Hall–Kier alpha value is -2.09. The van der Waals surface area contributed by atoms with Gasteiger partial charge in [0.15, 0.2) is 5.82 Å². The highest BCUT2D eigenvalue weighted by Gasteiger charge is 2.28. The molecule has 4 rings (SSSR count). The third-order valence-corrected chi connectivity index (χ3v) is 5.63. The van der Waals surface area contributed by atoms with E-state index in [0.717, 1.165) is 49.2 Å². The molecule has 0 aliphatic carbocycles. The first-order valence-electron chi connectivity index (χ1n) is 9.69. The molecule has 1 aliphatic rings. The van der Waals surface area contributed by atoms with E-state index in [2.05, 4.69) is 51.3 Å². The summed E-state index contributed by atoms with van der Waals surface area (Å²) in [7, 11) is 0. The van der Waals surface area contributed by atoms with Gasteiger partial charge in [-0.3, -0.25) is 4.90 Å². The molecular weight excluding hydrogens is 411 g/mol. The SMILES string of the molecule is CCC(c1nnnn1Cc1ccco1)N1CCN(c2cc(Cl)ccc2C)CC1.[Cl-]. The van der Waals surface area contributed by atoms with Crippen LogP contribution in [0, 0.1) is 6.92 Å². The van der Waals surface area contributed by atoms with Crippen LogP contribution in [0.3, 0.4) is 0 Å². The topological polar surface area (TPSA) is 63.2 Å². The van der Waals surface area contributed by atoms with E-state index in [9.17, 15) is 0 Å². The van der Waals surface area contributed by atoms with Gasteiger partial charge >= 0.3 is 0 Å². The van der Waals surface area contributed by atoms with Gasteiger partial charge in [-0.1, -0.05) is 24.6 Å². The Bertz CT molecular complexity index is 906. The fourth-order valence-corrected chi connectivity index (χ4v) is 4.08. The monoisotopic (exact) mass is 435 g/mol. The number of benzene rings is 1. The second-order valence-corrected chi connectivity index (χ2v) is 7.59. The lowest BCUT2D eigenvalue weighted by Gasteiger charge is -2.40. The Balaban J connectivity index is 0.00000240. The quantitative estimate of drug-likeness (QED) is 0.563. The van der Waals surface area contributed by atoms with Crippen molar-refractivity contribution in [2.45, 2.75) is 32.9 Å². The van der Waals surface area contributed by atoms with E-state index in [1.165, 1.54) is 11.3 Å². The molecular formula is C20H25Cl2N6O-. The number of aryl methyl sites for hydroxylation is 1. The van der Waals surface area contributed by atoms with Crippen molar-refractivity contribution in [3.8, 4) is 0 Å². The number of rotatable bonds is 6. The summed E-state index contributed by atoms with van der Waals surface area (Å²) in [5, 5.41) is 13.2. The van der Waals surface area contributed by atoms with Crippen LogP contribution in [0.2, 0.25) is 5.02 Å². The molecule has 0 radical (unpaired) electrons. The summed E-state index contributed by atoms with van der Waals surface area (Å²) in [6.07, 6.45) is 2.63. The molecule has 0 bridgehead atoms. The van der Waals surface area contributed by atoms with Crippen LogP contribution in [-0.4, -0.2) is 51.3 Å². The molecule has 0 saturated carbocycles. The minimum Gasteiger partial charge on any atom is -1.00 e. The zero-order valence-corrected chi connectivity index (χ0v) is 18.1. The number of hydrogen-bond acceptors (Lipinski definition) is 6. The van der Waals surface area contributed by atoms with Crippen molar-refractivity contribution in [3.63, 3.8) is 0 Å². The summed E-state index contributed by atoms with van der Waals surface area (Å²) < 4.78 is 7.30. The average molecular weight is 436 g/mol. The van der Waals surface area contributed by atoms with Gasteiger partial charge in [0.2, 0.25) is 0 Å². The summed E-state index contributed by atoms with van der Waals surface area (Å²) >= 11 is 6.21. The molecule has 1 unspecified atom stereocenters. The van der Waals surface area contributed by atoms with Crippen LogP contribution in [0.25, 0.3) is 0 Å². The van der Waals surface area contributed by atoms with Crippen LogP contribution in [0.1, 0.15) is 36.5 Å². The minimum atomic E-state index is 0. The molecule has 1 atom stereocenters. The van der Waals surface area contributed by atoms with Crippen LogP contribution in [-0.2, 0) is 6.54 Å². The second kappa shape index (κ2) is 9.61. The lowest BCUT2D eigenvalue weighted by atomic mass is 10.1. The van der Waals surface area contributed by atoms with Gasteiger partial charge in [0.05, 0.1) is 12.3 Å². The van der Waals surface area contributed by atoms with Gasteiger partial charge in [0.25, 0.3) is 0 Å². The molecule has 1 aromatic carbocycles. The number of furan rings is 1. The number of aromatic nitrogens is 4. The van der Waals surface area contributed by atoms with E-state index in [-0.39, 0.29) is 18.4 Å². The van der Waals surface area contributed by atoms with Crippen molar-refractivity contribution < 1.29 is 16.8 Å². The van der Waals surface area contributed by atoms with Gasteiger partial charge < -0.3 is 21.7 Å². The van der Waals surface area contributed by atoms with Crippen LogP contribution in [0.5, 0.6) is 0 Å². The number of tetrazole rings is 1. The Kier molecular flexibility index (Phi) is 7.16. The maximum absolute atomic E-state index is 6.21. The zero-order chi connectivity index (χ0) is 19.5. The van der Waals surface area contributed by atoms with Crippen LogP contribution in [0.4, 0.5) is 5.69 Å². The smallest absolute Gasteiger partial charge is 0.168 e. The van der Waals surface area contributed by atoms with Crippen molar-refractivity contribution in [1.82, 2.24) is 25.1 Å². The van der Waals surface area contributed by atoms with E-state index in [4.69, 9.17) is 16.0 Å². The van der Waals surface area contributed by atoms with E-state index in [1.807, 2.05) is 22.9 Å². The third kappa shape index (κ3) is 4.74. The van der Waals surface area contributed by atoms with Gasteiger partial charge in [0.1, 0.15) is 12.3 Å². The van der Waals surface area contributed by atoms with Crippen LogP contribution in [0.15, 0.2) is 41.0 Å². The van der Waals surface area contributed by atoms with Crippen LogP contribution >= 0.6 is 11.6 Å². The molecule has 9 heteroatoms.